The fourth-order valence-corrected chi connectivity index (χ4v) is 3.56. The second-order valence-corrected chi connectivity index (χ2v) is 6.73. The summed E-state index contributed by atoms with van der Waals surface area (Å²) >= 11 is 0. The highest BCUT2D eigenvalue weighted by Crippen LogP contribution is 2.27. The average molecular weight is 329 g/mol. The molecule has 0 atom stereocenters. The minimum Gasteiger partial charge on any atom is -0.493 e. The fraction of sp³-hybridized carbons (Fsp3) is 0.500. The highest BCUT2D eigenvalue weighted by Gasteiger charge is 2.27. The van der Waals surface area contributed by atoms with Crippen molar-refractivity contribution >= 4 is 15.8 Å². The molecule has 0 N–H and O–H groups in total. The van der Waals surface area contributed by atoms with Crippen molar-refractivity contribution in [3.8, 4) is 11.5 Å². The molecule has 0 aromatic heterocycles. The van der Waals surface area contributed by atoms with Gasteiger partial charge in [0.1, 0.15) is 5.75 Å². The van der Waals surface area contributed by atoms with Crippen molar-refractivity contribution in [1.82, 2.24) is 4.31 Å². The number of benzene rings is 1. The Morgan fingerprint density at radius 1 is 1.18 bits per heavy atom. The Bertz CT molecular complexity index is 637. The molecular weight excluding hydrogens is 310 g/mol. The van der Waals surface area contributed by atoms with E-state index in [1.54, 1.807) is 6.07 Å². The Hall–Kier alpha value is -1.64. The number of hydrogen-bond acceptors (Lipinski definition) is 6. The van der Waals surface area contributed by atoms with Crippen LogP contribution in [0.2, 0.25) is 0 Å². The number of methoxy groups -OCH3 is 2. The number of rotatable bonds is 6. The predicted octanol–water partition coefficient (Wildman–Crippen LogP) is 0.548. The van der Waals surface area contributed by atoms with Crippen molar-refractivity contribution in [2.45, 2.75) is 0 Å². The maximum absolute atomic E-state index is 12.2. The van der Waals surface area contributed by atoms with E-state index in [2.05, 4.69) is 0 Å². The molecule has 0 spiro atoms. The van der Waals surface area contributed by atoms with Crippen LogP contribution in [0, 0.1) is 0 Å². The molecule has 0 amide bonds. The maximum atomic E-state index is 12.2. The van der Waals surface area contributed by atoms with Gasteiger partial charge in [0, 0.05) is 18.7 Å². The first-order valence-corrected chi connectivity index (χ1v) is 8.39. The summed E-state index contributed by atoms with van der Waals surface area (Å²) < 4.78 is 41.1. The molecule has 1 aromatic rings. The van der Waals surface area contributed by atoms with Crippen LogP contribution in [-0.2, 0) is 14.8 Å². The molecule has 0 radical (unpaired) electrons. The summed E-state index contributed by atoms with van der Waals surface area (Å²) in [7, 11) is -0.691. The van der Waals surface area contributed by atoms with Gasteiger partial charge in [-0.25, -0.2) is 8.42 Å². The normalized spacial score (nSPS) is 16.3. The van der Waals surface area contributed by atoms with Crippen LogP contribution >= 0.6 is 0 Å². The Balaban J connectivity index is 2.14. The lowest BCUT2D eigenvalue weighted by Gasteiger charge is -2.25. The van der Waals surface area contributed by atoms with Crippen LogP contribution in [0.1, 0.15) is 10.4 Å². The standard InChI is InChI=1S/C14H19NO6S/c1-19-13-4-3-11(9-14(13)20-2)12(16)10-22(17,18)15-5-7-21-8-6-15/h3-4,9H,5-8,10H2,1-2H3. The van der Waals surface area contributed by atoms with Gasteiger partial charge in [0.25, 0.3) is 0 Å². The zero-order chi connectivity index (χ0) is 16.2. The Morgan fingerprint density at radius 2 is 1.82 bits per heavy atom. The van der Waals surface area contributed by atoms with E-state index in [-0.39, 0.29) is 18.7 Å². The van der Waals surface area contributed by atoms with E-state index in [0.29, 0.717) is 24.7 Å². The molecule has 8 heteroatoms. The molecule has 1 aromatic carbocycles. The van der Waals surface area contributed by atoms with Gasteiger partial charge >= 0.3 is 0 Å². The molecule has 122 valence electrons. The van der Waals surface area contributed by atoms with E-state index in [0.717, 1.165) is 0 Å². The first-order chi connectivity index (χ1) is 10.5. The fourth-order valence-electron chi connectivity index (χ4n) is 2.17. The Morgan fingerprint density at radius 3 is 2.41 bits per heavy atom. The molecule has 0 bridgehead atoms. The molecule has 1 aliphatic heterocycles. The van der Waals surface area contributed by atoms with Gasteiger partial charge in [-0.05, 0) is 18.2 Å². The summed E-state index contributed by atoms with van der Waals surface area (Å²) in [4.78, 5) is 12.2. The third-order valence-corrected chi connectivity index (χ3v) is 5.16. The van der Waals surface area contributed by atoms with Gasteiger partial charge in [-0.3, -0.25) is 4.79 Å². The summed E-state index contributed by atoms with van der Waals surface area (Å²) in [6, 6.07) is 4.59. The van der Waals surface area contributed by atoms with Crippen LogP contribution in [0.4, 0.5) is 0 Å². The molecule has 1 fully saturated rings. The van der Waals surface area contributed by atoms with Crippen molar-refractivity contribution in [1.29, 1.82) is 0 Å². The predicted molar refractivity (Wildman–Crippen MR) is 80.1 cm³/mol. The molecule has 0 aliphatic carbocycles. The highest BCUT2D eigenvalue weighted by molar-refractivity contribution is 7.89. The SMILES string of the molecule is COc1ccc(C(=O)CS(=O)(=O)N2CCOCC2)cc1OC. The second-order valence-electron chi connectivity index (χ2n) is 4.76. The zero-order valence-electron chi connectivity index (χ0n) is 12.6. The van der Waals surface area contributed by atoms with Gasteiger partial charge in [-0.15, -0.1) is 0 Å². The molecular formula is C14H19NO6S. The second kappa shape index (κ2) is 7.08. The average Bonchev–Trinajstić information content (AvgIpc) is 2.54. The van der Waals surface area contributed by atoms with E-state index in [9.17, 15) is 13.2 Å². The summed E-state index contributed by atoms with van der Waals surface area (Å²) in [5, 5.41) is 0. The minimum absolute atomic E-state index is 0.273. The first kappa shape index (κ1) is 16.7. The van der Waals surface area contributed by atoms with Crippen LogP contribution in [0.5, 0.6) is 11.5 Å². The van der Waals surface area contributed by atoms with Crippen molar-refractivity contribution < 1.29 is 27.4 Å². The first-order valence-electron chi connectivity index (χ1n) is 6.78. The highest BCUT2D eigenvalue weighted by atomic mass is 32.2. The summed E-state index contributed by atoms with van der Waals surface area (Å²) in [6.45, 7) is 1.26. The van der Waals surface area contributed by atoms with Crippen LogP contribution in [0.15, 0.2) is 18.2 Å². The van der Waals surface area contributed by atoms with Crippen LogP contribution < -0.4 is 9.47 Å². The van der Waals surface area contributed by atoms with E-state index < -0.39 is 21.6 Å². The largest absolute Gasteiger partial charge is 0.493 e. The molecule has 1 saturated heterocycles. The Labute approximate surface area is 129 Å². The lowest BCUT2D eigenvalue weighted by molar-refractivity contribution is 0.0727. The van der Waals surface area contributed by atoms with Crippen molar-refractivity contribution in [2.75, 3.05) is 46.3 Å². The van der Waals surface area contributed by atoms with Crippen LogP contribution in [0.25, 0.3) is 0 Å². The number of morpholine rings is 1. The summed E-state index contributed by atoms with van der Waals surface area (Å²) in [6.07, 6.45) is 0. The van der Waals surface area contributed by atoms with Crippen LogP contribution in [0.3, 0.4) is 0 Å². The molecule has 1 heterocycles. The van der Waals surface area contributed by atoms with E-state index in [1.165, 1.54) is 30.7 Å². The van der Waals surface area contributed by atoms with Crippen molar-refractivity contribution in [3.05, 3.63) is 23.8 Å². The van der Waals surface area contributed by atoms with Gasteiger partial charge in [0.15, 0.2) is 17.3 Å². The molecule has 0 unspecified atom stereocenters. The number of Topliss-reactive ketones (excluding diaryl/α,β-unsaturated/α-hetero) is 1. The van der Waals surface area contributed by atoms with E-state index in [4.69, 9.17) is 14.2 Å². The molecule has 0 saturated carbocycles. The monoisotopic (exact) mass is 329 g/mol. The molecule has 2 rings (SSSR count). The number of sulfonamides is 1. The summed E-state index contributed by atoms with van der Waals surface area (Å²) in [5.74, 6) is -0.178. The van der Waals surface area contributed by atoms with Crippen LogP contribution in [-0.4, -0.2) is 64.8 Å². The number of carbonyl (C=O) groups is 1. The third kappa shape index (κ3) is 3.76. The number of hydrogen-bond donors (Lipinski definition) is 0. The third-order valence-electron chi connectivity index (χ3n) is 3.38. The maximum Gasteiger partial charge on any atom is 0.221 e. The van der Waals surface area contributed by atoms with Gasteiger partial charge < -0.3 is 14.2 Å². The topological polar surface area (TPSA) is 82.1 Å². The van der Waals surface area contributed by atoms with E-state index >= 15 is 0 Å². The number of nitrogens with zero attached hydrogens (tertiary/aromatic N) is 1. The van der Waals surface area contributed by atoms with Gasteiger partial charge in [0.05, 0.1) is 27.4 Å². The number of carbonyl (C=O) groups excluding carboxylic acids is 1. The molecule has 1 aliphatic rings. The van der Waals surface area contributed by atoms with Gasteiger partial charge in [-0.2, -0.15) is 4.31 Å². The van der Waals surface area contributed by atoms with Gasteiger partial charge in [0.2, 0.25) is 10.0 Å². The summed E-state index contributed by atoms with van der Waals surface area (Å²) in [5.41, 5.74) is 0.273. The number of ether oxygens (including phenoxy) is 3. The molecule has 22 heavy (non-hydrogen) atoms. The van der Waals surface area contributed by atoms with Gasteiger partial charge in [-0.1, -0.05) is 0 Å². The van der Waals surface area contributed by atoms with Crippen molar-refractivity contribution in [2.24, 2.45) is 0 Å². The Kier molecular flexibility index (Phi) is 5.38. The quantitative estimate of drug-likeness (QED) is 0.709. The lowest BCUT2D eigenvalue weighted by Crippen LogP contribution is -2.43. The zero-order valence-corrected chi connectivity index (χ0v) is 13.4. The molecule has 7 nitrogen and oxygen atoms in total. The van der Waals surface area contributed by atoms with Crippen molar-refractivity contribution in [3.63, 3.8) is 0 Å². The lowest BCUT2D eigenvalue weighted by atomic mass is 10.1. The number of ketones is 1. The smallest absolute Gasteiger partial charge is 0.221 e. The van der Waals surface area contributed by atoms with E-state index in [1.807, 2.05) is 0 Å². The minimum atomic E-state index is -3.63.